The number of hydrogen-bond acceptors (Lipinski definition) is 4. The highest BCUT2D eigenvalue weighted by Crippen LogP contribution is 2.18. The van der Waals surface area contributed by atoms with E-state index in [0.29, 0.717) is 6.42 Å². The van der Waals surface area contributed by atoms with Gasteiger partial charge in [0.05, 0.1) is 5.75 Å². The molecule has 18 heavy (non-hydrogen) atoms. The van der Waals surface area contributed by atoms with Crippen LogP contribution in [-0.4, -0.2) is 37.4 Å². The highest BCUT2D eigenvalue weighted by molar-refractivity contribution is 7.92. The lowest BCUT2D eigenvalue weighted by Gasteiger charge is -2.18. The van der Waals surface area contributed by atoms with Crippen molar-refractivity contribution in [3.8, 4) is 0 Å². The molecule has 0 heterocycles. The quantitative estimate of drug-likeness (QED) is 0.743. The van der Waals surface area contributed by atoms with Crippen molar-refractivity contribution in [1.29, 1.82) is 0 Å². The summed E-state index contributed by atoms with van der Waals surface area (Å²) in [5.74, 6) is -0.506. The molecular weight excluding hydrogens is 252 g/mol. The van der Waals surface area contributed by atoms with Crippen molar-refractivity contribution in [2.24, 2.45) is 5.73 Å². The van der Waals surface area contributed by atoms with Crippen LogP contribution in [0, 0.1) is 0 Å². The molecule has 5 nitrogen and oxygen atoms in total. The van der Waals surface area contributed by atoms with Crippen LogP contribution < -0.4 is 11.1 Å². The second kappa shape index (κ2) is 6.52. The summed E-state index contributed by atoms with van der Waals surface area (Å²) in [7, 11) is -3.45. The van der Waals surface area contributed by atoms with Crippen molar-refractivity contribution in [3.05, 3.63) is 0 Å². The smallest absolute Gasteiger partial charge is 0.238 e. The van der Waals surface area contributed by atoms with Crippen molar-refractivity contribution in [3.63, 3.8) is 0 Å². The van der Waals surface area contributed by atoms with E-state index in [-0.39, 0.29) is 17.7 Å². The molecule has 2 unspecified atom stereocenters. The number of nitrogens with one attached hydrogen (secondary N) is 1. The number of carbonyl (C=O) groups is 1. The van der Waals surface area contributed by atoms with Crippen molar-refractivity contribution in [2.45, 2.75) is 63.3 Å². The Bertz CT molecular complexity index is 375. The number of amides is 1. The van der Waals surface area contributed by atoms with Gasteiger partial charge in [-0.15, -0.1) is 0 Å². The molecule has 1 fully saturated rings. The standard InChI is InChI=1S/C12H24N2O3S/c1-3-10(13)8-18(16,17)9(2)12(15)14-11-6-4-5-7-11/h9-11H,3-8,13H2,1-2H3,(H,14,15). The summed E-state index contributed by atoms with van der Waals surface area (Å²) in [4.78, 5) is 11.9. The third-order valence-electron chi connectivity index (χ3n) is 3.58. The van der Waals surface area contributed by atoms with Crippen LogP contribution in [0.3, 0.4) is 0 Å². The van der Waals surface area contributed by atoms with E-state index in [2.05, 4.69) is 5.32 Å². The Morgan fingerprint density at radius 2 is 1.94 bits per heavy atom. The zero-order valence-corrected chi connectivity index (χ0v) is 12.0. The molecule has 0 aromatic heterocycles. The lowest BCUT2D eigenvalue weighted by molar-refractivity contribution is -0.121. The van der Waals surface area contributed by atoms with E-state index in [1.54, 1.807) is 0 Å². The van der Waals surface area contributed by atoms with E-state index in [4.69, 9.17) is 5.73 Å². The largest absolute Gasteiger partial charge is 0.352 e. The van der Waals surface area contributed by atoms with Crippen LogP contribution in [0.15, 0.2) is 0 Å². The summed E-state index contributed by atoms with van der Waals surface area (Å²) >= 11 is 0. The molecule has 1 rings (SSSR count). The Morgan fingerprint density at radius 1 is 1.39 bits per heavy atom. The van der Waals surface area contributed by atoms with E-state index in [9.17, 15) is 13.2 Å². The topological polar surface area (TPSA) is 89.3 Å². The van der Waals surface area contributed by atoms with Crippen molar-refractivity contribution < 1.29 is 13.2 Å². The van der Waals surface area contributed by atoms with E-state index in [0.717, 1.165) is 25.7 Å². The predicted octanol–water partition coefficient (Wildman–Crippen LogP) is 0.586. The Hall–Kier alpha value is -0.620. The maximum atomic E-state index is 12.0. The van der Waals surface area contributed by atoms with E-state index in [1.807, 2.05) is 6.92 Å². The molecule has 1 amide bonds. The summed E-state index contributed by atoms with van der Waals surface area (Å²) in [6.45, 7) is 3.28. The normalized spacial score (nSPS) is 20.6. The number of rotatable bonds is 6. The first kappa shape index (κ1) is 15.4. The summed E-state index contributed by atoms with van der Waals surface area (Å²) in [5.41, 5.74) is 5.65. The van der Waals surface area contributed by atoms with Gasteiger partial charge in [-0.05, 0) is 26.2 Å². The fraction of sp³-hybridized carbons (Fsp3) is 0.917. The average Bonchev–Trinajstić information content (AvgIpc) is 2.79. The third kappa shape index (κ3) is 4.24. The van der Waals surface area contributed by atoms with Crippen molar-refractivity contribution in [2.75, 3.05) is 5.75 Å². The molecule has 1 saturated carbocycles. The van der Waals surface area contributed by atoms with Gasteiger partial charge >= 0.3 is 0 Å². The van der Waals surface area contributed by atoms with Gasteiger partial charge < -0.3 is 11.1 Å². The Kier molecular flexibility index (Phi) is 5.59. The van der Waals surface area contributed by atoms with Gasteiger partial charge in [-0.2, -0.15) is 0 Å². The molecule has 3 N–H and O–H groups in total. The van der Waals surface area contributed by atoms with Gasteiger partial charge in [0.25, 0.3) is 0 Å². The first-order valence-electron chi connectivity index (χ1n) is 6.64. The second-order valence-electron chi connectivity index (χ2n) is 5.13. The fourth-order valence-electron chi connectivity index (χ4n) is 2.11. The van der Waals surface area contributed by atoms with Crippen LogP contribution in [0.1, 0.15) is 46.0 Å². The highest BCUT2D eigenvalue weighted by Gasteiger charge is 2.31. The van der Waals surface area contributed by atoms with E-state index >= 15 is 0 Å². The third-order valence-corrected chi connectivity index (χ3v) is 5.76. The molecular formula is C12H24N2O3S. The molecule has 0 bridgehead atoms. The first-order chi connectivity index (χ1) is 8.36. The Balaban J connectivity index is 2.55. The van der Waals surface area contributed by atoms with Crippen LogP contribution >= 0.6 is 0 Å². The monoisotopic (exact) mass is 276 g/mol. The van der Waals surface area contributed by atoms with Crippen molar-refractivity contribution >= 4 is 15.7 Å². The lowest BCUT2D eigenvalue weighted by atomic mass is 10.2. The minimum Gasteiger partial charge on any atom is -0.352 e. The van der Waals surface area contributed by atoms with Crippen LogP contribution in [0.5, 0.6) is 0 Å². The van der Waals surface area contributed by atoms with E-state index in [1.165, 1.54) is 6.92 Å². The van der Waals surface area contributed by atoms with Crippen molar-refractivity contribution in [1.82, 2.24) is 5.32 Å². The Morgan fingerprint density at radius 3 is 2.44 bits per heavy atom. The molecule has 0 aliphatic heterocycles. The fourth-order valence-corrected chi connectivity index (χ4v) is 3.63. The average molecular weight is 276 g/mol. The molecule has 106 valence electrons. The zero-order valence-electron chi connectivity index (χ0n) is 11.2. The van der Waals surface area contributed by atoms with Gasteiger partial charge in [-0.3, -0.25) is 4.79 Å². The van der Waals surface area contributed by atoms with Crippen LogP contribution in [0.4, 0.5) is 0 Å². The SMILES string of the molecule is CCC(N)CS(=O)(=O)C(C)C(=O)NC1CCCC1. The maximum absolute atomic E-state index is 12.0. The van der Waals surface area contributed by atoms with Crippen LogP contribution in [-0.2, 0) is 14.6 Å². The molecule has 1 aliphatic rings. The molecule has 0 aromatic rings. The summed E-state index contributed by atoms with van der Waals surface area (Å²) in [5, 5.41) is 1.81. The molecule has 2 atom stereocenters. The number of carbonyl (C=O) groups excluding carboxylic acids is 1. The predicted molar refractivity (Wildman–Crippen MR) is 71.9 cm³/mol. The summed E-state index contributed by atoms with van der Waals surface area (Å²) < 4.78 is 23.9. The summed E-state index contributed by atoms with van der Waals surface area (Å²) in [6.07, 6.45) is 4.70. The highest BCUT2D eigenvalue weighted by atomic mass is 32.2. The maximum Gasteiger partial charge on any atom is 0.238 e. The van der Waals surface area contributed by atoms with E-state index < -0.39 is 21.1 Å². The van der Waals surface area contributed by atoms with Gasteiger partial charge in [-0.1, -0.05) is 19.8 Å². The van der Waals surface area contributed by atoms with Crippen LogP contribution in [0.25, 0.3) is 0 Å². The van der Waals surface area contributed by atoms with Gasteiger partial charge in [0.15, 0.2) is 9.84 Å². The molecule has 6 heteroatoms. The van der Waals surface area contributed by atoms with Crippen LogP contribution in [0.2, 0.25) is 0 Å². The minimum atomic E-state index is -3.45. The summed E-state index contributed by atoms with van der Waals surface area (Å²) in [6, 6.07) is -0.244. The van der Waals surface area contributed by atoms with Gasteiger partial charge in [0.2, 0.25) is 5.91 Å². The number of nitrogens with two attached hydrogens (primary N) is 1. The van der Waals surface area contributed by atoms with Gasteiger partial charge in [0.1, 0.15) is 5.25 Å². The molecule has 0 spiro atoms. The Labute approximate surface area is 109 Å². The number of hydrogen-bond donors (Lipinski definition) is 2. The lowest BCUT2D eigenvalue weighted by Crippen LogP contribution is -2.45. The number of sulfone groups is 1. The zero-order chi connectivity index (χ0) is 13.8. The molecule has 0 radical (unpaired) electrons. The molecule has 0 aromatic carbocycles. The minimum absolute atomic E-state index is 0.122. The molecule has 0 saturated heterocycles. The molecule has 1 aliphatic carbocycles. The second-order valence-corrected chi connectivity index (χ2v) is 7.50. The first-order valence-corrected chi connectivity index (χ1v) is 8.36. The van der Waals surface area contributed by atoms with Gasteiger partial charge in [0, 0.05) is 12.1 Å². The van der Waals surface area contributed by atoms with Gasteiger partial charge in [-0.25, -0.2) is 8.42 Å².